The molecule has 0 radical (unpaired) electrons. The third kappa shape index (κ3) is 6.25. The zero-order chi connectivity index (χ0) is 33.9. The van der Waals surface area contributed by atoms with Crippen LogP contribution in [0.4, 0.5) is 0 Å². The molecule has 0 heterocycles. The van der Waals surface area contributed by atoms with Gasteiger partial charge in [0.1, 0.15) is 5.75 Å². The first kappa shape index (κ1) is 30.9. The molecule has 0 aliphatic rings. The second-order valence-corrected chi connectivity index (χ2v) is 12.8. The minimum Gasteiger partial charge on any atom is -0.507 e. The molecule has 0 unspecified atom stereocenters. The largest absolute Gasteiger partial charge is 0.507 e. The molecular weight excluding hydrogens is 605 g/mol. The van der Waals surface area contributed by atoms with Crippen molar-refractivity contribution in [2.45, 2.75) is 6.92 Å². The Labute approximate surface area is 294 Å². The summed E-state index contributed by atoms with van der Waals surface area (Å²) in [5.74, 6) is 0.285. The van der Waals surface area contributed by atoms with Gasteiger partial charge in [-0.1, -0.05) is 170 Å². The Morgan fingerprint density at radius 3 is 1.14 bits per heavy atom. The van der Waals surface area contributed by atoms with Crippen molar-refractivity contribution in [2.75, 3.05) is 0 Å². The van der Waals surface area contributed by atoms with Gasteiger partial charge in [0.15, 0.2) is 0 Å². The van der Waals surface area contributed by atoms with E-state index in [0.717, 1.165) is 61.2 Å². The number of aryl methyl sites for hydroxylation is 1. The van der Waals surface area contributed by atoms with E-state index >= 15 is 0 Å². The van der Waals surface area contributed by atoms with Crippen LogP contribution in [0.1, 0.15) is 5.56 Å². The Hall–Kier alpha value is -6.44. The van der Waals surface area contributed by atoms with Crippen LogP contribution in [0.15, 0.2) is 194 Å². The maximum Gasteiger partial charge on any atom is 0.131 e. The summed E-state index contributed by atoms with van der Waals surface area (Å²) in [6.07, 6.45) is 0. The average molecular weight is 641 g/mol. The highest BCUT2D eigenvalue weighted by atomic mass is 16.3. The molecule has 0 fully saturated rings. The smallest absolute Gasteiger partial charge is 0.131 e. The molecule has 8 aromatic carbocycles. The van der Waals surface area contributed by atoms with Gasteiger partial charge < -0.3 is 5.11 Å². The Bertz CT molecular complexity index is 2410. The van der Waals surface area contributed by atoms with Crippen LogP contribution in [0.25, 0.3) is 77.9 Å². The lowest BCUT2D eigenvalue weighted by atomic mass is 9.89. The first-order valence-electron chi connectivity index (χ1n) is 17.1. The second-order valence-electron chi connectivity index (χ2n) is 12.8. The number of benzene rings is 8. The van der Waals surface area contributed by atoms with E-state index in [9.17, 15) is 5.11 Å². The molecule has 0 amide bonds. The van der Waals surface area contributed by atoms with Crippen LogP contribution in [-0.4, -0.2) is 5.11 Å². The molecule has 0 saturated heterocycles. The predicted octanol–water partition coefficient (Wildman–Crippen LogP) is 13.4. The molecule has 1 heteroatoms. The standard InChI is InChI=1S/C49H36O/c1-34-12-8-9-21-46(34)48-33-45(43-19-10-17-41(30-43)39-26-22-37(23-27-39)35-13-4-2-5-14-35)32-47(49(48)50)44-20-11-18-42(31-44)40-28-24-38(25-29-40)36-15-6-3-7-16-36/h2-33,50H,1H3. The van der Waals surface area contributed by atoms with Gasteiger partial charge in [-0.2, -0.15) is 0 Å². The summed E-state index contributed by atoms with van der Waals surface area (Å²) < 4.78 is 0. The number of phenolic OH excluding ortho intramolecular Hbond substituents is 1. The molecule has 8 rings (SSSR count). The fourth-order valence-corrected chi connectivity index (χ4v) is 6.82. The number of hydrogen-bond acceptors (Lipinski definition) is 1. The maximum atomic E-state index is 12.0. The molecule has 1 nitrogen and oxygen atoms in total. The van der Waals surface area contributed by atoms with Crippen molar-refractivity contribution >= 4 is 0 Å². The van der Waals surface area contributed by atoms with Gasteiger partial charge in [0, 0.05) is 11.1 Å². The highest BCUT2D eigenvalue weighted by molar-refractivity contribution is 5.90. The summed E-state index contributed by atoms with van der Waals surface area (Å²) in [5, 5.41) is 12.0. The van der Waals surface area contributed by atoms with E-state index in [-0.39, 0.29) is 5.75 Å². The van der Waals surface area contributed by atoms with Crippen molar-refractivity contribution in [3.05, 3.63) is 200 Å². The van der Waals surface area contributed by atoms with Gasteiger partial charge in [0.05, 0.1) is 0 Å². The SMILES string of the molecule is Cc1ccccc1-c1cc(-c2cccc(-c3ccc(-c4ccccc4)cc3)c2)cc(-c2cccc(-c3ccc(-c4ccccc4)cc3)c2)c1O. The monoisotopic (exact) mass is 640 g/mol. The van der Waals surface area contributed by atoms with E-state index < -0.39 is 0 Å². The zero-order valence-corrected chi connectivity index (χ0v) is 27.9. The average Bonchev–Trinajstić information content (AvgIpc) is 3.19. The van der Waals surface area contributed by atoms with Crippen LogP contribution in [0.2, 0.25) is 0 Å². The van der Waals surface area contributed by atoms with Gasteiger partial charge >= 0.3 is 0 Å². The number of hydrogen-bond donors (Lipinski definition) is 1. The lowest BCUT2D eigenvalue weighted by Crippen LogP contribution is -1.91. The van der Waals surface area contributed by atoms with Crippen LogP contribution >= 0.6 is 0 Å². The van der Waals surface area contributed by atoms with Crippen molar-refractivity contribution in [2.24, 2.45) is 0 Å². The highest BCUT2D eigenvalue weighted by Gasteiger charge is 2.17. The fraction of sp³-hybridized carbons (Fsp3) is 0.0204. The van der Waals surface area contributed by atoms with Crippen molar-refractivity contribution in [1.82, 2.24) is 0 Å². The van der Waals surface area contributed by atoms with E-state index in [1.54, 1.807) is 0 Å². The molecule has 0 saturated carbocycles. The maximum absolute atomic E-state index is 12.0. The number of aromatic hydroxyl groups is 1. The number of phenols is 1. The van der Waals surface area contributed by atoms with E-state index in [1.807, 2.05) is 24.3 Å². The van der Waals surface area contributed by atoms with Gasteiger partial charge in [0.2, 0.25) is 0 Å². The van der Waals surface area contributed by atoms with Crippen LogP contribution < -0.4 is 0 Å². The van der Waals surface area contributed by atoms with Crippen molar-refractivity contribution in [3.63, 3.8) is 0 Å². The quantitative estimate of drug-likeness (QED) is 0.184. The van der Waals surface area contributed by atoms with Crippen LogP contribution in [0, 0.1) is 6.92 Å². The first-order chi connectivity index (χ1) is 24.6. The van der Waals surface area contributed by atoms with Gasteiger partial charge in [-0.05, 0) is 104 Å². The molecule has 50 heavy (non-hydrogen) atoms. The Balaban J connectivity index is 1.20. The summed E-state index contributed by atoms with van der Waals surface area (Å²) in [6, 6.07) is 68.1. The second kappa shape index (κ2) is 13.6. The van der Waals surface area contributed by atoms with Crippen molar-refractivity contribution in [1.29, 1.82) is 0 Å². The minimum atomic E-state index is 0.285. The summed E-state index contributed by atoms with van der Waals surface area (Å²) in [7, 11) is 0. The van der Waals surface area contributed by atoms with Gasteiger partial charge in [-0.25, -0.2) is 0 Å². The molecule has 8 aromatic rings. The lowest BCUT2D eigenvalue weighted by molar-refractivity contribution is 0.479. The van der Waals surface area contributed by atoms with Crippen LogP contribution in [0.5, 0.6) is 5.75 Å². The normalized spacial score (nSPS) is 11.0. The zero-order valence-electron chi connectivity index (χ0n) is 27.9. The van der Waals surface area contributed by atoms with Gasteiger partial charge in [-0.3, -0.25) is 0 Å². The van der Waals surface area contributed by atoms with Crippen molar-refractivity contribution < 1.29 is 5.11 Å². The Kier molecular flexibility index (Phi) is 8.39. The third-order valence-corrected chi connectivity index (χ3v) is 9.57. The molecule has 0 spiro atoms. The van der Waals surface area contributed by atoms with Crippen LogP contribution in [-0.2, 0) is 0 Å². The van der Waals surface area contributed by atoms with Crippen molar-refractivity contribution in [3.8, 4) is 83.6 Å². The minimum absolute atomic E-state index is 0.285. The first-order valence-corrected chi connectivity index (χ1v) is 17.1. The van der Waals surface area contributed by atoms with Gasteiger partial charge in [0.25, 0.3) is 0 Å². The third-order valence-electron chi connectivity index (χ3n) is 9.57. The van der Waals surface area contributed by atoms with Crippen LogP contribution in [0.3, 0.4) is 0 Å². The number of rotatable bonds is 7. The van der Waals surface area contributed by atoms with E-state index in [2.05, 4.69) is 177 Å². The molecule has 0 aliphatic heterocycles. The summed E-state index contributed by atoms with van der Waals surface area (Å²) >= 11 is 0. The topological polar surface area (TPSA) is 20.2 Å². The predicted molar refractivity (Wildman–Crippen MR) is 211 cm³/mol. The summed E-state index contributed by atoms with van der Waals surface area (Å²) in [6.45, 7) is 2.10. The summed E-state index contributed by atoms with van der Waals surface area (Å²) in [4.78, 5) is 0. The van der Waals surface area contributed by atoms with E-state index in [0.29, 0.717) is 0 Å². The molecule has 0 aliphatic carbocycles. The lowest BCUT2D eigenvalue weighted by Gasteiger charge is -2.17. The molecule has 238 valence electrons. The summed E-state index contributed by atoms with van der Waals surface area (Å²) in [5.41, 5.74) is 16.2. The van der Waals surface area contributed by atoms with E-state index in [4.69, 9.17) is 0 Å². The fourth-order valence-electron chi connectivity index (χ4n) is 6.82. The van der Waals surface area contributed by atoms with E-state index in [1.165, 1.54) is 22.3 Å². The molecule has 0 atom stereocenters. The Morgan fingerprint density at radius 2 is 0.620 bits per heavy atom. The van der Waals surface area contributed by atoms with Gasteiger partial charge in [-0.15, -0.1) is 0 Å². The highest BCUT2D eigenvalue weighted by Crippen LogP contribution is 2.44. The Morgan fingerprint density at radius 1 is 0.260 bits per heavy atom. The molecular formula is C49H36O. The molecule has 0 bridgehead atoms. The molecule has 1 N–H and O–H groups in total. The molecule has 0 aromatic heterocycles.